The molecule has 142 valence electrons. The van der Waals surface area contributed by atoms with Crippen LogP contribution in [0.5, 0.6) is 0 Å². The van der Waals surface area contributed by atoms with Crippen LogP contribution in [0.25, 0.3) is 0 Å². The van der Waals surface area contributed by atoms with Gasteiger partial charge in [0.15, 0.2) is 0 Å². The molecule has 6 nitrogen and oxygen atoms in total. The van der Waals surface area contributed by atoms with Gasteiger partial charge in [0, 0.05) is 0 Å². The molecule has 0 aliphatic carbocycles. The number of amides is 2. The van der Waals surface area contributed by atoms with Crippen molar-refractivity contribution in [2.75, 3.05) is 0 Å². The first-order valence-electron chi connectivity index (χ1n) is 9.05. The number of hydrogen-bond acceptors (Lipinski definition) is 5. The zero-order valence-corrected chi connectivity index (χ0v) is 15.7. The smallest absolute Gasteiger partial charge is 0.329 e. The minimum Gasteiger partial charge on any atom is -0.459 e. The summed E-state index contributed by atoms with van der Waals surface area (Å²) < 4.78 is 5.40. The van der Waals surface area contributed by atoms with Gasteiger partial charge in [-0.3, -0.25) is 14.5 Å². The van der Waals surface area contributed by atoms with Gasteiger partial charge in [0.1, 0.15) is 12.6 Å². The van der Waals surface area contributed by atoms with E-state index in [9.17, 15) is 14.4 Å². The molecule has 2 aromatic rings. The monoisotopic (exact) mass is 376 g/mol. The quantitative estimate of drug-likeness (QED) is 0.570. The summed E-state index contributed by atoms with van der Waals surface area (Å²) in [5.74, 6) is -1.52. The molecule has 0 fully saturated rings. The largest absolute Gasteiger partial charge is 0.459 e. The maximum atomic E-state index is 12.8. The molecule has 28 heavy (non-hydrogen) atoms. The van der Waals surface area contributed by atoms with E-state index in [4.69, 9.17) is 10.00 Å². The number of carbonyl (C=O) groups excluding carboxylic acids is 3. The van der Waals surface area contributed by atoms with Crippen LogP contribution in [0.4, 0.5) is 0 Å². The van der Waals surface area contributed by atoms with Gasteiger partial charge in [0.25, 0.3) is 11.8 Å². The Bertz CT molecular complexity index is 939. The molecule has 1 unspecified atom stereocenters. The molecule has 0 spiro atoms. The van der Waals surface area contributed by atoms with Crippen LogP contribution >= 0.6 is 0 Å². The fourth-order valence-corrected chi connectivity index (χ4v) is 3.23. The highest BCUT2D eigenvalue weighted by Gasteiger charge is 2.43. The Labute approximate surface area is 163 Å². The van der Waals surface area contributed by atoms with Gasteiger partial charge in [-0.1, -0.05) is 38.1 Å². The summed E-state index contributed by atoms with van der Waals surface area (Å²) in [4.78, 5) is 39.3. The molecule has 6 heteroatoms. The molecule has 1 heterocycles. The van der Waals surface area contributed by atoms with Crippen molar-refractivity contribution in [3.63, 3.8) is 0 Å². The van der Waals surface area contributed by atoms with Crippen LogP contribution < -0.4 is 0 Å². The van der Waals surface area contributed by atoms with E-state index in [2.05, 4.69) is 0 Å². The van der Waals surface area contributed by atoms with Crippen molar-refractivity contribution in [1.29, 1.82) is 5.26 Å². The van der Waals surface area contributed by atoms with Crippen molar-refractivity contribution in [2.24, 2.45) is 5.92 Å². The number of imide groups is 1. The highest BCUT2D eigenvalue weighted by atomic mass is 16.5. The van der Waals surface area contributed by atoms with Crippen molar-refractivity contribution >= 4 is 17.8 Å². The number of rotatable bonds is 6. The lowest BCUT2D eigenvalue weighted by Gasteiger charge is -2.26. The third-order valence-electron chi connectivity index (χ3n) is 4.54. The molecule has 0 aromatic heterocycles. The van der Waals surface area contributed by atoms with Gasteiger partial charge < -0.3 is 4.74 Å². The minimum absolute atomic E-state index is 0.0356. The van der Waals surface area contributed by atoms with Crippen molar-refractivity contribution in [2.45, 2.75) is 32.9 Å². The average Bonchev–Trinajstić information content (AvgIpc) is 2.95. The maximum Gasteiger partial charge on any atom is 0.329 e. The summed E-state index contributed by atoms with van der Waals surface area (Å²) in [6.07, 6.45) is 0.308. The van der Waals surface area contributed by atoms with Crippen molar-refractivity contribution in [1.82, 2.24) is 4.90 Å². The summed E-state index contributed by atoms with van der Waals surface area (Å²) in [6, 6.07) is 14.3. The van der Waals surface area contributed by atoms with Gasteiger partial charge in [-0.05, 0) is 42.2 Å². The zero-order valence-electron chi connectivity index (χ0n) is 15.7. The molecule has 0 saturated heterocycles. The highest BCUT2D eigenvalue weighted by molar-refractivity contribution is 6.22. The third kappa shape index (κ3) is 3.79. The number of ether oxygens (including phenoxy) is 1. The molecule has 0 N–H and O–H groups in total. The predicted octanol–water partition coefficient (Wildman–Crippen LogP) is 3.31. The van der Waals surface area contributed by atoms with Crippen LogP contribution in [0.1, 0.15) is 52.1 Å². The van der Waals surface area contributed by atoms with Crippen molar-refractivity contribution in [3.8, 4) is 6.07 Å². The first-order chi connectivity index (χ1) is 13.4. The fourth-order valence-electron chi connectivity index (χ4n) is 3.23. The van der Waals surface area contributed by atoms with Gasteiger partial charge in [0.05, 0.1) is 22.8 Å². The van der Waals surface area contributed by atoms with E-state index in [1.807, 2.05) is 19.9 Å². The SMILES string of the molecule is CC(C)CC(C(=O)OCc1cccc(C#N)c1)N1C(=O)c2ccccc2C1=O. The summed E-state index contributed by atoms with van der Waals surface area (Å²) in [6.45, 7) is 3.79. The standard InChI is InChI=1S/C22H20N2O4/c1-14(2)10-19(22(27)28-13-16-7-5-6-15(11-16)12-23)24-20(25)17-8-3-4-9-18(17)21(24)26/h3-9,11,14,19H,10,13H2,1-2H3. The lowest BCUT2D eigenvalue weighted by Crippen LogP contribution is -2.46. The van der Waals surface area contributed by atoms with E-state index in [0.717, 1.165) is 4.90 Å². The average molecular weight is 376 g/mol. The fraction of sp³-hybridized carbons (Fsp3) is 0.273. The Morgan fingerprint density at radius 3 is 2.29 bits per heavy atom. The van der Waals surface area contributed by atoms with Gasteiger partial charge in [-0.15, -0.1) is 0 Å². The van der Waals surface area contributed by atoms with Gasteiger partial charge in [0.2, 0.25) is 0 Å². The highest BCUT2D eigenvalue weighted by Crippen LogP contribution is 2.27. The molecule has 2 amide bonds. The second kappa shape index (κ2) is 8.05. The van der Waals surface area contributed by atoms with E-state index in [1.54, 1.807) is 48.5 Å². The Morgan fingerprint density at radius 2 is 1.71 bits per heavy atom. The molecular weight excluding hydrogens is 356 g/mol. The number of esters is 1. The van der Waals surface area contributed by atoms with Crippen LogP contribution in [0.15, 0.2) is 48.5 Å². The Balaban J connectivity index is 1.80. The number of benzene rings is 2. The lowest BCUT2D eigenvalue weighted by atomic mass is 10.0. The van der Waals surface area contributed by atoms with Crippen LogP contribution in [0.3, 0.4) is 0 Å². The van der Waals surface area contributed by atoms with Crippen molar-refractivity contribution in [3.05, 3.63) is 70.8 Å². The topological polar surface area (TPSA) is 87.5 Å². The number of hydrogen-bond donors (Lipinski definition) is 0. The van der Waals surface area contributed by atoms with E-state index in [1.165, 1.54) is 0 Å². The molecule has 3 rings (SSSR count). The van der Waals surface area contributed by atoms with E-state index in [0.29, 0.717) is 28.7 Å². The molecule has 0 bridgehead atoms. The second-order valence-corrected chi connectivity index (χ2v) is 7.09. The molecule has 1 atom stereocenters. The van der Waals surface area contributed by atoms with Gasteiger partial charge >= 0.3 is 5.97 Å². The molecule has 1 aliphatic rings. The van der Waals surface area contributed by atoms with E-state index >= 15 is 0 Å². The Morgan fingerprint density at radius 1 is 1.07 bits per heavy atom. The number of carbonyl (C=O) groups is 3. The van der Waals surface area contributed by atoms with E-state index < -0.39 is 23.8 Å². The number of fused-ring (bicyclic) bond motifs is 1. The summed E-state index contributed by atoms with van der Waals surface area (Å²) in [5, 5.41) is 8.98. The van der Waals surface area contributed by atoms with Crippen molar-refractivity contribution < 1.29 is 19.1 Å². The van der Waals surface area contributed by atoms with Crippen LogP contribution in [-0.2, 0) is 16.1 Å². The van der Waals surface area contributed by atoms with E-state index in [-0.39, 0.29) is 12.5 Å². The molecule has 0 radical (unpaired) electrons. The predicted molar refractivity (Wildman–Crippen MR) is 101 cm³/mol. The van der Waals surface area contributed by atoms with Crippen LogP contribution in [-0.4, -0.2) is 28.7 Å². The molecule has 1 aliphatic heterocycles. The van der Waals surface area contributed by atoms with Crippen LogP contribution in [0, 0.1) is 17.2 Å². The third-order valence-corrected chi connectivity index (χ3v) is 4.54. The lowest BCUT2D eigenvalue weighted by molar-refractivity contribution is -0.150. The Kier molecular flexibility index (Phi) is 5.55. The minimum atomic E-state index is -0.994. The number of nitrogens with zero attached hydrogens (tertiary/aromatic N) is 2. The Hall–Kier alpha value is -3.46. The summed E-state index contributed by atoms with van der Waals surface area (Å²) >= 11 is 0. The molecule has 2 aromatic carbocycles. The summed E-state index contributed by atoms with van der Waals surface area (Å²) in [5.41, 5.74) is 1.73. The van der Waals surface area contributed by atoms with Gasteiger partial charge in [-0.25, -0.2) is 4.79 Å². The van der Waals surface area contributed by atoms with Crippen LogP contribution in [0.2, 0.25) is 0 Å². The van der Waals surface area contributed by atoms with Gasteiger partial charge in [-0.2, -0.15) is 5.26 Å². The summed E-state index contributed by atoms with van der Waals surface area (Å²) in [7, 11) is 0. The maximum absolute atomic E-state index is 12.8. The second-order valence-electron chi connectivity index (χ2n) is 7.09. The zero-order chi connectivity index (χ0) is 20.3. The normalized spacial score (nSPS) is 14.0. The molecule has 0 saturated carbocycles. The first-order valence-corrected chi connectivity index (χ1v) is 9.05. The molecular formula is C22H20N2O4. The first kappa shape index (κ1) is 19.3. The number of nitriles is 1.